The average Bonchev–Trinajstić information content (AvgIpc) is 3.00. The zero-order valence-corrected chi connectivity index (χ0v) is 13.9. The fourth-order valence-electron chi connectivity index (χ4n) is 2.37. The van der Waals surface area contributed by atoms with Gasteiger partial charge in [0.25, 0.3) is 5.91 Å². The number of hydrogen-bond acceptors (Lipinski definition) is 3. The van der Waals surface area contributed by atoms with Gasteiger partial charge in [-0.05, 0) is 30.2 Å². The van der Waals surface area contributed by atoms with Crippen LogP contribution in [0.15, 0.2) is 59.0 Å². The van der Waals surface area contributed by atoms with E-state index < -0.39 is 0 Å². The molecule has 0 radical (unpaired) electrons. The summed E-state index contributed by atoms with van der Waals surface area (Å²) in [7, 11) is 0. The van der Waals surface area contributed by atoms with Crippen LogP contribution in [0.25, 0.3) is 11.0 Å². The van der Waals surface area contributed by atoms with E-state index in [1.807, 2.05) is 36.0 Å². The van der Waals surface area contributed by atoms with Crippen LogP contribution in [0.2, 0.25) is 0 Å². The summed E-state index contributed by atoms with van der Waals surface area (Å²) < 4.78 is 5.55. The van der Waals surface area contributed by atoms with Gasteiger partial charge in [0.1, 0.15) is 5.58 Å². The molecule has 4 heteroatoms. The Balaban J connectivity index is 1.45. The van der Waals surface area contributed by atoms with Crippen LogP contribution in [-0.4, -0.2) is 18.2 Å². The molecule has 0 saturated heterocycles. The Hall–Kier alpha value is -2.20. The number of thioether (sulfide) groups is 1. The zero-order valence-electron chi connectivity index (χ0n) is 13.0. The lowest BCUT2D eigenvalue weighted by atomic mass is 10.1. The number of carbonyl (C=O) groups is 1. The van der Waals surface area contributed by atoms with Crippen molar-refractivity contribution in [1.29, 1.82) is 0 Å². The SMILES string of the molecule is Cc1ccccc1CSCCNC(=O)c1cc2ccccc2o1. The Kier molecular flexibility index (Phi) is 5.03. The Labute approximate surface area is 140 Å². The van der Waals surface area contributed by atoms with Crippen molar-refractivity contribution in [3.8, 4) is 0 Å². The van der Waals surface area contributed by atoms with Gasteiger partial charge in [-0.1, -0.05) is 42.5 Å². The van der Waals surface area contributed by atoms with E-state index in [1.165, 1.54) is 11.1 Å². The fraction of sp³-hybridized carbons (Fsp3) is 0.211. The lowest BCUT2D eigenvalue weighted by Crippen LogP contribution is -2.25. The number of carbonyl (C=O) groups excluding carboxylic acids is 1. The minimum Gasteiger partial charge on any atom is -0.451 e. The smallest absolute Gasteiger partial charge is 0.287 e. The molecule has 1 heterocycles. The zero-order chi connectivity index (χ0) is 16.1. The van der Waals surface area contributed by atoms with E-state index in [0.29, 0.717) is 12.3 Å². The summed E-state index contributed by atoms with van der Waals surface area (Å²) in [4.78, 5) is 12.1. The normalized spacial score (nSPS) is 10.8. The summed E-state index contributed by atoms with van der Waals surface area (Å²) in [6.07, 6.45) is 0. The topological polar surface area (TPSA) is 42.2 Å². The molecular formula is C19H19NO2S. The first kappa shape index (κ1) is 15.7. The maximum atomic E-state index is 12.1. The highest BCUT2D eigenvalue weighted by atomic mass is 32.2. The number of furan rings is 1. The highest BCUT2D eigenvalue weighted by molar-refractivity contribution is 7.98. The molecule has 0 aliphatic carbocycles. The molecule has 118 valence electrons. The number of fused-ring (bicyclic) bond motifs is 1. The highest BCUT2D eigenvalue weighted by Gasteiger charge is 2.11. The molecule has 1 N–H and O–H groups in total. The summed E-state index contributed by atoms with van der Waals surface area (Å²) in [5.74, 6) is 2.06. The first-order chi connectivity index (χ1) is 11.2. The van der Waals surface area contributed by atoms with E-state index in [0.717, 1.165) is 22.5 Å². The number of benzene rings is 2. The Morgan fingerprint density at radius 3 is 2.74 bits per heavy atom. The largest absolute Gasteiger partial charge is 0.451 e. The molecule has 0 aliphatic rings. The molecule has 0 fully saturated rings. The Morgan fingerprint density at radius 2 is 1.91 bits per heavy atom. The second-order valence-corrected chi connectivity index (χ2v) is 6.49. The maximum absolute atomic E-state index is 12.1. The second kappa shape index (κ2) is 7.38. The van der Waals surface area contributed by atoms with Gasteiger partial charge >= 0.3 is 0 Å². The molecule has 0 saturated carbocycles. The van der Waals surface area contributed by atoms with Gasteiger partial charge in [-0.25, -0.2) is 0 Å². The Bertz CT molecular complexity index is 777. The fourth-order valence-corrected chi connectivity index (χ4v) is 3.31. The van der Waals surface area contributed by atoms with Crippen LogP contribution in [0.1, 0.15) is 21.7 Å². The van der Waals surface area contributed by atoms with E-state index in [-0.39, 0.29) is 5.91 Å². The lowest BCUT2D eigenvalue weighted by Gasteiger charge is -2.06. The standard InChI is InChI=1S/C19H19NO2S/c1-14-6-2-3-8-16(14)13-23-11-10-20-19(21)18-12-15-7-4-5-9-17(15)22-18/h2-9,12H,10-11,13H2,1H3,(H,20,21). The average molecular weight is 325 g/mol. The van der Waals surface area contributed by atoms with Gasteiger partial charge in [0.05, 0.1) is 0 Å². The number of aryl methyl sites for hydroxylation is 1. The van der Waals surface area contributed by atoms with E-state index in [4.69, 9.17) is 4.42 Å². The molecule has 1 amide bonds. The van der Waals surface area contributed by atoms with Gasteiger partial charge in [-0.3, -0.25) is 4.79 Å². The number of para-hydroxylation sites is 1. The third-order valence-corrected chi connectivity index (χ3v) is 4.71. The number of amides is 1. The third-order valence-electron chi connectivity index (χ3n) is 3.70. The summed E-state index contributed by atoms with van der Waals surface area (Å²) in [6, 6.07) is 17.8. The molecule has 0 aliphatic heterocycles. The lowest BCUT2D eigenvalue weighted by molar-refractivity contribution is 0.0930. The van der Waals surface area contributed by atoms with Crippen molar-refractivity contribution in [1.82, 2.24) is 5.32 Å². The van der Waals surface area contributed by atoms with Crippen LogP contribution < -0.4 is 5.32 Å². The molecule has 3 aromatic rings. The molecule has 0 bridgehead atoms. The minimum absolute atomic E-state index is 0.155. The Morgan fingerprint density at radius 1 is 1.13 bits per heavy atom. The summed E-state index contributed by atoms with van der Waals surface area (Å²) in [5.41, 5.74) is 3.40. The van der Waals surface area contributed by atoms with Crippen molar-refractivity contribution < 1.29 is 9.21 Å². The van der Waals surface area contributed by atoms with Crippen LogP contribution in [-0.2, 0) is 5.75 Å². The summed E-state index contributed by atoms with van der Waals surface area (Å²) in [6.45, 7) is 2.76. The van der Waals surface area contributed by atoms with Crippen LogP contribution in [0.3, 0.4) is 0 Å². The van der Waals surface area contributed by atoms with Gasteiger partial charge in [0, 0.05) is 23.4 Å². The second-order valence-electron chi connectivity index (χ2n) is 5.38. The highest BCUT2D eigenvalue weighted by Crippen LogP contribution is 2.19. The van der Waals surface area contributed by atoms with E-state index in [9.17, 15) is 4.79 Å². The van der Waals surface area contributed by atoms with Crippen LogP contribution in [0.4, 0.5) is 0 Å². The molecule has 3 nitrogen and oxygen atoms in total. The van der Waals surface area contributed by atoms with E-state index in [2.05, 4.69) is 36.5 Å². The van der Waals surface area contributed by atoms with Crippen LogP contribution >= 0.6 is 11.8 Å². The molecule has 0 unspecified atom stereocenters. The monoisotopic (exact) mass is 325 g/mol. The van der Waals surface area contributed by atoms with E-state index >= 15 is 0 Å². The van der Waals surface area contributed by atoms with Crippen molar-refractivity contribution in [2.45, 2.75) is 12.7 Å². The molecule has 1 aromatic heterocycles. The van der Waals surface area contributed by atoms with Crippen molar-refractivity contribution >= 4 is 28.6 Å². The molecule has 3 rings (SSSR count). The maximum Gasteiger partial charge on any atom is 0.287 e. The predicted molar refractivity (Wildman–Crippen MR) is 95.9 cm³/mol. The van der Waals surface area contributed by atoms with E-state index in [1.54, 1.807) is 6.07 Å². The van der Waals surface area contributed by atoms with Gasteiger partial charge in [-0.15, -0.1) is 0 Å². The van der Waals surface area contributed by atoms with Crippen molar-refractivity contribution in [2.24, 2.45) is 0 Å². The molecule has 0 atom stereocenters. The summed E-state index contributed by atoms with van der Waals surface area (Å²) >= 11 is 1.82. The molecule has 2 aromatic carbocycles. The van der Waals surface area contributed by atoms with Crippen LogP contribution in [0, 0.1) is 6.92 Å². The number of nitrogens with one attached hydrogen (secondary N) is 1. The third kappa shape index (κ3) is 3.96. The quantitative estimate of drug-likeness (QED) is 0.683. The van der Waals surface area contributed by atoms with Crippen molar-refractivity contribution in [3.05, 3.63) is 71.5 Å². The summed E-state index contributed by atoms with van der Waals surface area (Å²) in [5, 5.41) is 3.86. The first-order valence-corrected chi connectivity index (χ1v) is 8.78. The van der Waals surface area contributed by atoms with Gasteiger partial charge < -0.3 is 9.73 Å². The van der Waals surface area contributed by atoms with Gasteiger partial charge in [0.15, 0.2) is 5.76 Å². The van der Waals surface area contributed by atoms with Crippen LogP contribution in [0.5, 0.6) is 0 Å². The number of hydrogen-bond donors (Lipinski definition) is 1. The predicted octanol–water partition coefficient (Wildman–Crippen LogP) is 4.40. The number of rotatable bonds is 6. The molecule has 23 heavy (non-hydrogen) atoms. The van der Waals surface area contributed by atoms with Gasteiger partial charge in [-0.2, -0.15) is 11.8 Å². The molecular weight excluding hydrogens is 306 g/mol. The molecule has 0 spiro atoms. The van der Waals surface area contributed by atoms with Crippen molar-refractivity contribution in [2.75, 3.05) is 12.3 Å². The van der Waals surface area contributed by atoms with Crippen molar-refractivity contribution in [3.63, 3.8) is 0 Å². The first-order valence-electron chi connectivity index (χ1n) is 7.63. The minimum atomic E-state index is -0.155. The van der Waals surface area contributed by atoms with Gasteiger partial charge in [0.2, 0.25) is 0 Å².